The van der Waals surface area contributed by atoms with Crippen molar-refractivity contribution in [1.82, 2.24) is 0 Å². The van der Waals surface area contributed by atoms with Gasteiger partial charge in [0.1, 0.15) is 0 Å². The molecule has 1 atom stereocenters. The fourth-order valence-electron chi connectivity index (χ4n) is 5.15. The highest BCUT2D eigenvalue weighted by Gasteiger charge is 2.56. The van der Waals surface area contributed by atoms with Crippen molar-refractivity contribution in [3.05, 3.63) is 0 Å². The van der Waals surface area contributed by atoms with Gasteiger partial charge in [0, 0.05) is 0 Å². The molecule has 0 saturated heterocycles. The molecular formula is C16H22F2O7S. The zero-order valence-electron chi connectivity index (χ0n) is 14.3. The molecule has 4 saturated carbocycles. The summed E-state index contributed by atoms with van der Waals surface area (Å²) in [6.07, 6.45) is 3.13. The summed E-state index contributed by atoms with van der Waals surface area (Å²) in [5, 5.41) is -4.65. The van der Waals surface area contributed by atoms with Gasteiger partial charge in [-0.2, -0.15) is 17.2 Å². The summed E-state index contributed by atoms with van der Waals surface area (Å²) < 4.78 is 65.8. The van der Waals surface area contributed by atoms with E-state index in [0.29, 0.717) is 24.7 Å². The third kappa shape index (κ3) is 3.45. The van der Waals surface area contributed by atoms with Crippen LogP contribution in [0.2, 0.25) is 0 Å². The molecule has 0 amide bonds. The standard InChI is InChI=1S/C16H22F2O7S/c1-9(16(17,18)26(21,22)23)25-13(19)8-24-14(20)15-5-10-2-11(6-15)4-12(3-10)7-15/h9-12H,2-8H2,1H3,(H,21,22,23). The first-order chi connectivity index (χ1) is 11.9. The molecule has 4 bridgehead atoms. The highest BCUT2D eigenvalue weighted by molar-refractivity contribution is 7.86. The van der Waals surface area contributed by atoms with Crippen LogP contribution in [0.1, 0.15) is 45.4 Å². The van der Waals surface area contributed by atoms with Gasteiger partial charge in [-0.05, 0) is 63.2 Å². The molecule has 0 aliphatic heterocycles. The van der Waals surface area contributed by atoms with Crippen LogP contribution in [-0.2, 0) is 29.2 Å². The maximum absolute atomic E-state index is 13.4. The first kappa shape index (κ1) is 19.5. The average Bonchev–Trinajstić information content (AvgIpc) is 2.50. The Kier molecular flexibility index (Phi) is 4.79. The highest BCUT2D eigenvalue weighted by Crippen LogP contribution is 2.60. The second kappa shape index (κ2) is 6.40. The molecule has 1 unspecified atom stereocenters. The van der Waals surface area contributed by atoms with Gasteiger partial charge in [-0.15, -0.1) is 0 Å². The predicted molar refractivity (Wildman–Crippen MR) is 83.6 cm³/mol. The van der Waals surface area contributed by atoms with Crippen molar-refractivity contribution in [3.8, 4) is 0 Å². The van der Waals surface area contributed by atoms with E-state index in [1.807, 2.05) is 0 Å². The van der Waals surface area contributed by atoms with Crippen LogP contribution in [-0.4, -0.2) is 42.9 Å². The largest absolute Gasteiger partial charge is 0.453 e. The van der Waals surface area contributed by atoms with Crippen LogP contribution in [0.3, 0.4) is 0 Å². The third-order valence-corrected chi connectivity index (χ3v) is 6.94. The molecule has 0 aromatic rings. The van der Waals surface area contributed by atoms with E-state index in [0.717, 1.165) is 38.5 Å². The second-order valence-corrected chi connectivity index (χ2v) is 9.44. The molecule has 0 spiro atoms. The van der Waals surface area contributed by atoms with Gasteiger partial charge in [0.2, 0.25) is 0 Å². The van der Waals surface area contributed by atoms with Gasteiger partial charge in [-0.3, -0.25) is 9.35 Å². The number of hydrogen-bond donors (Lipinski definition) is 1. The SMILES string of the molecule is CC(OC(=O)COC(=O)C12CC3CC(CC(C3)C1)C2)C(F)(F)S(=O)(=O)O. The minimum atomic E-state index is -5.73. The second-order valence-electron chi connectivity index (χ2n) is 7.94. The van der Waals surface area contributed by atoms with E-state index in [-0.39, 0.29) is 0 Å². The number of ether oxygens (including phenoxy) is 2. The lowest BCUT2D eigenvalue weighted by atomic mass is 9.49. The molecule has 0 heterocycles. The fraction of sp³-hybridized carbons (Fsp3) is 0.875. The Morgan fingerprint density at radius 1 is 1.15 bits per heavy atom. The van der Waals surface area contributed by atoms with Crippen molar-refractivity contribution in [2.45, 2.75) is 56.8 Å². The Balaban J connectivity index is 1.54. The molecule has 0 radical (unpaired) electrons. The fourth-order valence-corrected chi connectivity index (χ4v) is 5.62. The molecule has 0 aromatic heterocycles. The quantitative estimate of drug-likeness (QED) is 0.541. The van der Waals surface area contributed by atoms with E-state index in [9.17, 15) is 26.8 Å². The van der Waals surface area contributed by atoms with Crippen molar-refractivity contribution in [1.29, 1.82) is 0 Å². The summed E-state index contributed by atoms with van der Waals surface area (Å²) in [5.74, 6) is -0.320. The first-order valence-corrected chi connectivity index (χ1v) is 10.1. The molecule has 7 nitrogen and oxygen atoms in total. The van der Waals surface area contributed by atoms with Crippen molar-refractivity contribution in [3.63, 3.8) is 0 Å². The normalized spacial score (nSPS) is 34.4. The summed E-state index contributed by atoms with van der Waals surface area (Å²) >= 11 is 0. The molecule has 4 rings (SSSR count). The van der Waals surface area contributed by atoms with E-state index in [2.05, 4.69) is 4.74 Å². The molecule has 0 aromatic carbocycles. The number of carbonyl (C=O) groups is 2. The number of halogens is 2. The molecule has 4 aliphatic rings. The van der Waals surface area contributed by atoms with Gasteiger partial charge in [-0.25, -0.2) is 4.79 Å². The first-order valence-electron chi connectivity index (χ1n) is 8.64. The van der Waals surface area contributed by atoms with E-state index < -0.39 is 45.4 Å². The summed E-state index contributed by atoms with van der Waals surface area (Å²) in [6, 6.07) is 0. The third-order valence-electron chi connectivity index (χ3n) is 5.92. The van der Waals surface area contributed by atoms with Gasteiger partial charge in [0.05, 0.1) is 5.41 Å². The lowest BCUT2D eigenvalue weighted by molar-refractivity contribution is -0.181. The highest BCUT2D eigenvalue weighted by atomic mass is 32.2. The average molecular weight is 396 g/mol. The smallest absolute Gasteiger partial charge is 0.405 e. The van der Waals surface area contributed by atoms with Gasteiger partial charge in [0.25, 0.3) is 0 Å². The van der Waals surface area contributed by atoms with Crippen LogP contribution >= 0.6 is 0 Å². The topological polar surface area (TPSA) is 107 Å². The Bertz CT molecular complexity index is 668. The summed E-state index contributed by atoms with van der Waals surface area (Å²) in [5.41, 5.74) is -0.598. The van der Waals surface area contributed by atoms with Crippen LogP contribution in [0.4, 0.5) is 8.78 Å². The minimum absolute atomic E-state index is 0.495. The molecule has 148 valence electrons. The van der Waals surface area contributed by atoms with Crippen LogP contribution in [0.15, 0.2) is 0 Å². The zero-order valence-corrected chi connectivity index (χ0v) is 15.1. The molecular weight excluding hydrogens is 374 g/mol. The molecule has 4 aliphatic carbocycles. The van der Waals surface area contributed by atoms with Gasteiger partial charge >= 0.3 is 27.3 Å². The van der Waals surface area contributed by atoms with Crippen LogP contribution in [0, 0.1) is 23.2 Å². The monoisotopic (exact) mass is 396 g/mol. The van der Waals surface area contributed by atoms with Gasteiger partial charge in [-0.1, -0.05) is 0 Å². The van der Waals surface area contributed by atoms with Gasteiger partial charge < -0.3 is 9.47 Å². The van der Waals surface area contributed by atoms with Crippen molar-refractivity contribution >= 4 is 22.1 Å². The minimum Gasteiger partial charge on any atom is -0.453 e. The number of rotatable bonds is 6. The lowest BCUT2D eigenvalue weighted by Crippen LogP contribution is -2.51. The zero-order chi connectivity index (χ0) is 19.3. The van der Waals surface area contributed by atoms with Crippen molar-refractivity contribution < 1.29 is 40.8 Å². The number of hydrogen-bond acceptors (Lipinski definition) is 6. The van der Waals surface area contributed by atoms with Crippen LogP contribution in [0.25, 0.3) is 0 Å². The van der Waals surface area contributed by atoms with Crippen molar-refractivity contribution in [2.24, 2.45) is 23.2 Å². The Morgan fingerprint density at radius 2 is 1.62 bits per heavy atom. The molecule has 1 N–H and O–H groups in total. The van der Waals surface area contributed by atoms with Gasteiger partial charge in [0.15, 0.2) is 12.7 Å². The number of alkyl halides is 2. The molecule has 10 heteroatoms. The number of carbonyl (C=O) groups excluding carboxylic acids is 2. The van der Waals surface area contributed by atoms with E-state index in [1.54, 1.807) is 0 Å². The maximum atomic E-state index is 13.4. The number of esters is 2. The lowest BCUT2D eigenvalue weighted by Gasteiger charge is -2.55. The van der Waals surface area contributed by atoms with E-state index in [4.69, 9.17) is 9.29 Å². The van der Waals surface area contributed by atoms with E-state index in [1.165, 1.54) is 0 Å². The Morgan fingerprint density at radius 3 is 2.04 bits per heavy atom. The Hall–Kier alpha value is -1.29. The van der Waals surface area contributed by atoms with Crippen LogP contribution < -0.4 is 0 Å². The van der Waals surface area contributed by atoms with E-state index >= 15 is 0 Å². The Labute approximate surface area is 150 Å². The summed E-state index contributed by atoms with van der Waals surface area (Å²) in [6.45, 7) is -0.237. The molecule has 26 heavy (non-hydrogen) atoms. The van der Waals surface area contributed by atoms with Crippen LogP contribution in [0.5, 0.6) is 0 Å². The maximum Gasteiger partial charge on any atom is 0.405 e. The van der Waals surface area contributed by atoms with Crippen molar-refractivity contribution in [2.75, 3.05) is 6.61 Å². The predicted octanol–water partition coefficient (Wildman–Crippen LogP) is 2.16. The molecule has 4 fully saturated rings. The summed E-state index contributed by atoms with van der Waals surface area (Å²) in [7, 11) is -5.73. The summed E-state index contributed by atoms with van der Waals surface area (Å²) in [4.78, 5) is 24.2.